The SMILES string of the molecule is CN1CCC[C@H](c2cccc(CC3(C(=O)NCc4ccccn4)CCOCC3)c2)C1. The lowest BCUT2D eigenvalue weighted by molar-refractivity contribution is -0.136. The summed E-state index contributed by atoms with van der Waals surface area (Å²) in [6.07, 6.45) is 6.55. The van der Waals surface area contributed by atoms with Gasteiger partial charge in [-0.15, -0.1) is 0 Å². The van der Waals surface area contributed by atoms with Gasteiger partial charge in [0.05, 0.1) is 17.7 Å². The highest BCUT2D eigenvalue weighted by Gasteiger charge is 2.40. The Labute approximate surface area is 179 Å². The Morgan fingerprint density at radius 3 is 2.87 bits per heavy atom. The number of likely N-dealkylation sites (tertiary alicyclic amines) is 1. The van der Waals surface area contributed by atoms with Crippen molar-refractivity contribution in [1.82, 2.24) is 15.2 Å². The van der Waals surface area contributed by atoms with E-state index < -0.39 is 5.41 Å². The van der Waals surface area contributed by atoms with Gasteiger partial charge in [0.1, 0.15) is 0 Å². The van der Waals surface area contributed by atoms with Crippen LogP contribution in [-0.4, -0.2) is 49.1 Å². The third-order valence-corrected chi connectivity index (χ3v) is 6.68. The van der Waals surface area contributed by atoms with E-state index in [2.05, 4.69) is 46.5 Å². The summed E-state index contributed by atoms with van der Waals surface area (Å²) in [5.74, 6) is 0.714. The molecule has 2 aliphatic heterocycles. The minimum Gasteiger partial charge on any atom is -0.381 e. The summed E-state index contributed by atoms with van der Waals surface area (Å²) in [4.78, 5) is 20.1. The fourth-order valence-corrected chi connectivity index (χ4v) is 4.89. The number of nitrogens with one attached hydrogen (secondary N) is 1. The first-order chi connectivity index (χ1) is 14.6. The second-order valence-corrected chi connectivity index (χ2v) is 8.92. The molecule has 5 nitrogen and oxygen atoms in total. The molecule has 30 heavy (non-hydrogen) atoms. The van der Waals surface area contributed by atoms with Crippen LogP contribution in [0.25, 0.3) is 0 Å². The molecule has 1 aromatic carbocycles. The predicted octanol–water partition coefficient (Wildman–Crippen LogP) is 3.55. The second-order valence-electron chi connectivity index (χ2n) is 8.92. The molecule has 4 rings (SSSR count). The molecule has 1 amide bonds. The van der Waals surface area contributed by atoms with Gasteiger partial charge in [0, 0.05) is 26.0 Å². The van der Waals surface area contributed by atoms with Crippen LogP contribution < -0.4 is 5.32 Å². The average Bonchev–Trinajstić information content (AvgIpc) is 2.79. The number of ether oxygens (including phenoxy) is 1. The maximum atomic E-state index is 13.3. The number of amides is 1. The van der Waals surface area contributed by atoms with Gasteiger partial charge >= 0.3 is 0 Å². The molecule has 0 bridgehead atoms. The van der Waals surface area contributed by atoms with Crippen molar-refractivity contribution >= 4 is 5.91 Å². The predicted molar refractivity (Wildman–Crippen MR) is 118 cm³/mol. The van der Waals surface area contributed by atoms with E-state index in [0.717, 1.165) is 31.5 Å². The molecule has 2 fully saturated rings. The van der Waals surface area contributed by atoms with Gasteiger partial charge in [0.2, 0.25) is 5.91 Å². The number of pyridine rings is 1. The summed E-state index contributed by atoms with van der Waals surface area (Å²) in [6, 6.07) is 14.7. The molecule has 1 atom stereocenters. The number of likely N-dealkylation sites (N-methyl/N-ethyl adjacent to an activating group) is 1. The number of hydrogen-bond acceptors (Lipinski definition) is 4. The molecule has 1 aromatic heterocycles. The van der Waals surface area contributed by atoms with Gasteiger partial charge in [-0.25, -0.2) is 0 Å². The van der Waals surface area contributed by atoms with E-state index in [-0.39, 0.29) is 5.91 Å². The first-order valence-corrected chi connectivity index (χ1v) is 11.2. The van der Waals surface area contributed by atoms with E-state index in [1.165, 1.54) is 30.5 Å². The van der Waals surface area contributed by atoms with Crippen LogP contribution in [0.3, 0.4) is 0 Å². The zero-order chi connectivity index (χ0) is 20.8. The fourth-order valence-electron chi connectivity index (χ4n) is 4.89. The van der Waals surface area contributed by atoms with Crippen molar-refractivity contribution in [3.05, 3.63) is 65.5 Å². The molecule has 1 N–H and O–H groups in total. The van der Waals surface area contributed by atoms with Crippen LogP contribution in [0, 0.1) is 5.41 Å². The Hall–Kier alpha value is -2.24. The number of aromatic nitrogens is 1. The summed E-state index contributed by atoms with van der Waals surface area (Å²) < 4.78 is 5.61. The number of carbonyl (C=O) groups is 1. The average molecular weight is 408 g/mol. The van der Waals surface area contributed by atoms with Crippen LogP contribution >= 0.6 is 0 Å². The van der Waals surface area contributed by atoms with Gasteiger partial charge in [0.25, 0.3) is 0 Å². The Bertz CT molecular complexity index is 833. The monoisotopic (exact) mass is 407 g/mol. The molecular formula is C25H33N3O2. The first kappa shape index (κ1) is 21.0. The number of rotatable bonds is 6. The summed E-state index contributed by atoms with van der Waals surface area (Å²) >= 11 is 0. The lowest BCUT2D eigenvalue weighted by Crippen LogP contribution is -2.46. The highest BCUT2D eigenvalue weighted by atomic mass is 16.5. The molecule has 2 aliphatic rings. The molecule has 0 unspecified atom stereocenters. The first-order valence-electron chi connectivity index (χ1n) is 11.2. The lowest BCUT2D eigenvalue weighted by Gasteiger charge is -2.36. The van der Waals surface area contributed by atoms with Crippen LogP contribution in [0.4, 0.5) is 0 Å². The highest BCUT2D eigenvalue weighted by molar-refractivity contribution is 5.83. The minimum atomic E-state index is -0.408. The van der Waals surface area contributed by atoms with Crippen LogP contribution in [0.5, 0.6) is 0 Å². The number of hydrogen-bond donors (Lipinski definition) is 1. The van der Waals surface area contributed by atoms with Crippen LogP contribution in [-0.2, 0) is 22.5 Å². The Morgan fingerprint density at radius 2 is 2.10 bits per heavy atom. The topological polar surface area (TPSA) is 54.5 Å². The summed E-state index contributed by atoms with van der Waals surface area (Å²) in [5, 5.41) is 3.15. The van der Waals surface area contributed by atoms with Crippen molar-refractivity contribution in [1.29, 1.82) is 0 Å². The maximum absolute atomic E-state index is 13.3. The normalized spacial score (nSPS) is 21.8. The molecule has 0 spiro atoms. The van der Waals surface area contributed by atoms with Crippen molar-refractivity contribution in [2.45, 2.75) is 44.6 Å². The lowest BCUT2D eigenvalue weighted by atomic mass is 9.74. The maximum Gasteiger partial charge on any atom is 0.227 e. The zero-order valence-electron chi connectivity index (χ0n) is 18.0. The summed E-state index contributed by atoms with van der Waals surface area (Å²) in [7, 11) is 2.21. The largest absolute Gasteiger partial charge is 0.381 e. The van der Waals surface area contributed by atoms with Crippen LogP contribution in [0.2, 0.25) is 0 Å². The number of nitrogens with zero attached hydrogens (tertiary/aromatic N) is 2. The van der Waals surface area contributed by atoms with Gasteiger partial charge < -0.3 is 15.0 Å². The van der Waals surface area contributed by atoms with Gasteiger partial charge in [-0.2, -0.15) is 0 Å². The molecule has 0 aliphatic carbocycles. The third kappa shape index (κ3) is 5.08. The Kier molecular flexibility index (Phi) is 6.80. The van der Waals surface area contributed by atoms with Gasteiger partial charge in [-0.3, -0.25) is 9.78 Å². The van der Waals surface area contributed by atoms with E-state index in [1.807, 2.05) is 18.2 Å². The van der Waals surface area contributed by atoms with Crippen molar-refractivity contribution in [2.75, 3.05) is 33.4 Å². The van der Waals surface area contributed by atoms with E-state index in [4.69, 9.17) is 4.74 Å². The van der Waals surface area contributed by atoms with E-state index >= 15 is 0 Å². The Balaban J connectivity index is 1.48. The Morgan fingerprint density at radius 1 is 1.23 bits per heavy atom. The second kappa shape index (κ2) is 9.71. The number of piperidine rings is 1. The van der Waals surface area contributed by atoms with E-state index in [0.29, 0.717) is 25.7 Å². The fraction of sp³-hybridized carbons (Fsp3) is 0.520. The van der Waals surface area contributed by atoms with Crippen molar-refractivity contribution in [3.8, 4) is 0 Å². The van der Waals surface area contributed by atoms with Gasteiger partial charge in [-0.05, 0) is 74.9 Å². The van der Waals surface area contributed by atoms with Crippen LogP contribution in [0.1, 0.15) is 48.4 Å². The van der Waals surface area contributed by atoms with Crippen molar-refractivity contribution < 1.29 is 9.53 Å². The molecule has 160 valence electrons. The van der Waals surface area contributed by atoms with Gasteiger partial charge in [0.15, 0.2) is 0 Å². The number of benzene rings is 1. The minimum absolute atomic E-state index is 0.124. The van der Waals surface area contributed by atoms with E-state index in [1.54, 1.807) is 6.20 Å². The third-order valence-electron chi connectivity index (χ3n) is 6.68. The van der Waals surface area contributed by atoms with Crippen molar-refractivity contribution in [2.24, 2.45) is 5.41 Å². The van der Waals surface area contributed by atoms with Gasteiger partial charge in [-0.1, -0.05) is 30.3 Å². The van der Waals surface area contributed by atoms with Crippen molar-refractivity contribution in [3.63, 3.8) is 0 Å². The smallest absolute Gasteiger partial charge is 0.227 e. The molecular weight excluding hydrogens is 374 g/mol. The molecule has 0 radical (unpaired) electrons. The number of carbonyl (C=O) groups excluding carboxylic acids is 1. The molecule has 3 heterocycles. The summed E-state index contributed by atoms with van der Waals surface area (Å²) in [6.45, 7) is 4.06. The quantitative estimate of drug-likeness (QED) is 0.796. The molecule has 0 saturated carbocycles. The summed E-state index contributed by atoms with van der Waals surface area (Å²) in [5.41, 5.74) is 3.15. The molecule has 2 saturated heterocycles. The zero-order valence-corrected chi connectivity index (χ0v) is 18.0. The standard InChI is InChI=1S/C25H33N3O2/c1-28-13-5-8-22(19-28)21-7-4-6-20(16-21)17-25(10-14-30-15-11-25)24(29)27-18-23-9-2-3-12-26-23/h2-4,6-7,9,12,16,22H,5,8,10-11,13-15,17-19H2,1H3,(H,27,29)/t22-/m0/s1. The molecule has 2 aromatic rings. The van der Waals surface area contributed by atoms with Crippen LogP contribution in [0.15, 0.2) is 48.7 Å². The molecule has 5 heteroatoms. The van der Waals surface area contributed by atoms with E-state index in [9.17, 15) is 4.79 Å². The highest BCUT2D eigenvalue weighted by Crippen LogP contribution is 2.36.